The van der Waals surface area contributed by atoms with Gasteiger partial charge in [0, 0.05) is 17.7 Å². The third-order valence-electron chi connectivity index (χ3n) is 5.81. The van der Waals surface area contributed by atoms with Crippen LogP contribution in [0, 0.1) is 13.8 Å². The molecule has 2 amide bonds. The van der Waals surface area contributed by atoms with Gasteiger partial charge in [-0.25, -0.2) is 4.98 Å². The number of amides is 2. The SMILES string of the molecule is CCC(=O)Nc1ccccc1-c1nc2ccccc2n(CC(=O)Nc2cccc(C)c2C)c1=O. The third-order valence-corrected chi connectivity index (χ3v) is 5.81. The van der Waals surface area contributed by atoms with Crippen LogP contribution in [0.2, 0.25) is 0 Å². The van der Waals surface area contributed by atoms with E-state index >= 15 is 0 Å². The van der Waals surface area contributed by atoms with Crippen molar-refractivity contribution in [1.29, 1.82) is 0 Å². The molecule has 0 atom stereocenters. The number of nitrogens with zero attached hydrogens (tertiary/aromatic N) is 2. The quantitative estimate of drug-likeness (QED) is 0.443. The van der Waals surface area contributed by atoms with Crippen LogP contribution < -0.4 is 16.2 Å². The van der Waals surface area contributed by atoms with Gasteiger partial charge < -0.3 is 10.6 Å². The lowest BCUT2D eigenvalue weighted by Crippen LogP contribution is -2.30. The molecule has 0 aliphatic heterocycles. The van der Waals surface area contributed by atoms with Gasteiger partial charge in [-0.1, -0.05) is 49.4 Å². The minimum atomic E-state index is -0.409. The third kappa shape index (κ3) is 4.59. The second kappa shape index (κ2) is 9.70. The summed E-state index contributed by atoms with van der Waals surface area (Å²) < 4.78 is 1.43. The Kier molecular flexibility index (Phi) is 6.54. The molecule has 7 heteroatoms. The van der Waals surface area contributed by atoms with Crippen LogP contribution in [0.4, 0.5) is 11.4 Å². The van der Waals surface area contributed by atoms with Crippen molar-refractivity contribution in [3.05, 3.63) is 88.2 Å². The largest absolute Gasteiger partial charge is 0.325 e. The van der Waals surface area contributed by atoms with Gasteiger partial charge in [0.2, 0.25) is 11.8 Å². The average molecular weight is 455 g/mol. The summed E-state index contributed by atoms with van der Waals surface area (Å²) in [5.41, 5.74) is 4.66. The highest BCUT2D eigenvalue weighted by atomic mass is 16.2. The van der Waals surface area contributed by atoms with Crippen LogP contribution in [-0.2, 0) is 16.1 Å². The summed E-state index contributed by atoms with van der Waals surface area (Å²) in [5.74, 6) is -0.479. The molecule has 4 rings (SSSR count). The number of hydrogen-bond donors (Lipinski definition) is 2. The van der Waals surface area contributed by atoms with Crippen LogP contribution in [0.15, 0.2) is 71.5 Å². The van der Waals surface area contributed by atoms with E-state index in [-0.39, 0.29) is 24.1 Å². The van der Waals surface area contributed by atoms with E-state index in [1.807, 2.05) is 38.1 Å². The predicted molar refractivity (Wildman–Crippen MR) is 135 cm³/mol. The number of benzene rings is 3. The van der Waals surface area contributed by atoms with E-state index in [0.717, 1.165) is 11.1 Å². The maximum Gasteiger partial charge on any atom is 0.278 e. The number of aryl methyl sites for hydroxylation is 1. The van der Waals surface area contributed by atoms with Crippen LogP contribution >= 0.6 is 0 Å². The summed E-state index contributed by atoms with van der Waals surface area (Å²) in [4.78, 5) is 43.2. The standard InChI is InChI=1S/C27H26N4O3/c1-4-24(32)29-21-12-6-5-11-19(21)26-27(34)31(23-15-8-7-13-22(23)30-26)16-25(33)28-20-14-9-10-17(2)18(20)3/h5-15H,4,16H2,1-3H3,(H,28,33)(H,29,32). The first-order valence-corrected chi connectivity index (χ1v) is 11.1. The molecular formula is C27H26N4O3. The number of carbonyl (C=O) groups is 2. The topological polar surface area (TPSA) is 93.1 Å². The Morgan fingerprint density at radius 3 is 2.32 bits per heavy atom. The van der Waals surface area contributed by atoms with Gasteiger partial charge in [0.15, 0.2) is 0 Å². The highest BCUT2D eigenvalue weighted by Gasteiger charge is 2.18. The fraction of sp³-hybridized carbons (Fsp3) is 0.185. The molecule has 0 aliphatic carbocycles. The van der Waals surface area contributed by atoms with Crippen molar-refractivity contribution in [2.75, 3.05) is 10.6 Å². The Balaban J connectivity index is 1.79. The highest BCUT2D eigenvalue weighted by Crippen LogP contribution is 2.26. The molecule has 2 N–H and O–H groups in total. The molecule has 3 aromatic carbocycles. The van der Waals surface area contributed by atoms with Crippen LogP contribution in [0.25, 0.3) is 22.3 Å². The number of aromatic nitrogens is 2. The fourth-order valence-electron chi connectivity index (χ4n) is 3.78. The van der Waals surface area contributed by atoms with Crippen molar-refractivity contribution >= 4 is 34.2 Å². The van der Waals surface area contributed by atoms with Gasteiger partial charge in [-0.2, -0.15) is 0 Å². The van der Waals surface area contributed by atoms with Gasteiger partial charge >= 0.3 is 0 Å². The van der Waals surface area contributed by atoms with Gasteiger partial charge in [0.1, 0.15) is 12.2 Å². The molecule has 0 aliphatic rings. The Bertz CT molecular complexity index is 1460. The number of carbonyl (C=O) groups excluding carboxylic acids is 2. The zero-order valence-electron chi connectivity index (χ0n) is 19.4. The van der Waals surface area contributed by atoms with E-state index in [2.05, 4.69) is 15.6 Å². The number of nitrogens with one attached hydrogen (secondary N) is 2. The Hall–Kier alpha value is -4.26. The first kappa shape index (κ1) is 22.9. The smallest absolute Gasteiger partial charge is 0.278 e. The molecule has 0 fully saturated rings. The number of para-hydroxylation sites is 3. The zero-order chi connectivity index (χ0) is 24.2. The fourth-order valence-corrected chi connectivity index (χ4v) is 3.78. The Labute approximate surface area is 197 Å². The summed E-state index contributed by atoms with van der Waals surface area (Å²) in [7, 11) is 0. The lowest BCUT2D eigenvalue weighted by Gasteiger charge is -2.15. The summed E-state index contributed by atoms with van der Waals surface area (Å²) in [6.45, 7) is 5.50. The molecule has 0 radical (unpaired) electrons. The van der Waals surface area contributed by atoms with E-state index < -0.39 is 5.56 Å². The van der Waals surface area contributed by atoms with E-state index in [1.54, 1.807) is 49.4 Å². The molecule has 0 bridgehead atoms. The lowest BCUT2D eigenvalue weighted by molar-refractivity contribution is -0.117. The maximum absolute atomic E-state index is 13.6. The average Bonchev–Trinajstić information content (AvgIpc) is 2.84. The van der Waals surface area contributed by atoms with Gasteiger partial charge in [0.05, 0.1) is 16.7 Å². The maximum atomic E-state index is 13.6. The molecule has 0 saturated carbocycles. The number of fused-ring (bicyclic) bond motifs is 1. The zero-order valence-corrected chi connectivity index (χ0v) is 19.4. The molecule has 4 aromatic rings. The minimum absolute atomic E-state index is 0.165. The second-order valence-corrected chi connectivity index (χ2v) is 8.08. The number of anilines is 2. The van der Waals surface area contributed by atoms with Gasteiger partial charge in [0.25, 0.3) is 5.56 Å². The molecule has 172 valence electrons. The van der Waals surface area contributed by atoms with Gasteiger partial charge in [-0.05, 0) is 49.2 Å². The lowest BCUT2D eigenvalue weighted by atomic mass is 10.1. The van der Waals surface area contributed by atoms with E-state index in [0.29, 0.717) is 34.4 Å². The highest BCUT2D eigenvalue weighted by molar-refractivity contribution is 5.96. The Morgan fingerprint density at radius 1 is 0.853 bits per heavy atom. The Morgan fingerprint density at radius 2 is 1.53 bits per heavy atom. The molecule has 0 unspecified atom stereocenters. The van der Waals surface area contributed by atoms with Crippen LogP contribution in [0.5, 0.6) is 0 Å². The van der Waals surface area contributed by atoms with Crippen molar-refractivity contribution in [3.8, 4) is 11.3 Å². The molecule has 1 heterocycles. The summed E-state index contributed by atoms with van der Waals surface area (Å²) >= 11 is 0. The first-order chi connectivity index (χ1) is 16.4. The molecule has 0 saturated heterocycles. The molecule has 7 nitrogen and oxygen atoms in total. The monoisotopic (exact) mass is 454 g/mol. The summed E-state index contributed by atoms with van der Waals surface area (Å²) in [6.07, 6.45) is 0.308. The van der Waals surface area contributed by atoms with Crippen molar-refractivity contribution in [2.24, 2.45) is 0 Å². The van der Waals surface area contributed by atoms with Crippen molar-refractivity contribution in [3.63, 3.8) is 0 Å². The second-order valence-electron chi connectivity index (χ2n) is 8.08. The van der Waals surface area contributed by atoms with E-state index in [9.17, 15) is 14.4 Å². The molecule has 1 aromatic heterocycles. The van der Waals surface area contributed by atoms with E-state index in [1.165, 1.54) is 4.57 Å². The summed E-state index contributed by atoms with van der Waals surface area (Å²) in [5, 5.41) is 5.75. The van der Waals surface area contributed by atoms with Crippen LogP contribution in [-0.4, -0.2) is 21.4 Å². The van der Waals surface area contributed by atoms with E-state index in [4.69, 9.17) is 0 Å². The van der Waals surface area contributed by atoms with Gasteiger partial charge in [-0.15, -0.1) is 0 Å². The molecule has 0 spiro atoms. The molecule has 34 heavy (non-hydrogen) atoms. The minimum Gasteiger partial charge on any atom is -0.325 e. The van der Waals surface area contributed by atoms with Crippen molar-refractivity contribution in [1.82, 2.24) is 9.55 Å². The first-order valence-electron chi connectivity index (χ1n) is 11.1. The van der Waals surface area contributed by atoms with Gasteiger partial charge in [-0.3, -0.25) is 19.0 Å². The normalized spacial score (nSPS) is 10.8. The number of hydrogen-bond acceptors (Lipinski definition) is 4. The summed E-state index contributed by atoms with van der Waals surface area (Å²) in [6, 6.07) is 19.9. The van der Waals surface area contributed by atoms with Crippen molar-refractivity contribution in [2.45, 2.75) is 33.7 Å². The molecular weight excluding hydrogens is 428 g/mol. The number of rotatable bonds is 6. The van der Waals surface area contributed by atoms with Crippen LogP contribution in [0.3, 0.4) is 0 Å². The van der Waals surface area contributed by atoms with Crippen molar-refractivity contribution < 1.29 is 9.59 Å². The van der Waals surface area contributed by atoms with Crippen LogP contribution in [0.1, 0.15) is 24.5 Å². The predicted octanol–water partition coefficient (Wildman–Crippen LogP) is 4.67.